The summed E-state index contributed by atoms with van der Waals surface area (Å²) in [5, 5.41) is 3.87. The highest BCUT2D eigenvalue weighted by Gasteiger charge is 2.24. The first-order valence-corrected chi connectivity index (χ1v) is 6.45. The maximum atomic E-state index is 12.5. The van der Waals surface area contributed by atoms with Crippen LogP contribution in [0.5, 0.6) is 0 Å². The molecule has 2 rings (SSSR count). The summed E-state index contributed by atoms with van der Waals surface area (Å²) in [4.78, 5) is 36.5. The maximum Gasteiger partial charge on any atom is 0.297 e. The minimum atomic E-state index is -0.640. The average Bonchev–Trinajstić information content (AvgIpc) is 2.43. The summed E-state index contributed by atoms with van der Waals surface area (Å²) in [5.41, 5.74) is -0.331. The van der Waals surface area contributed by atoms with Crippen molar-refractivity contribution in [2.75, 3.05) is 4.90 Å². The number of amides is 2. The fourth-order valence-electron chi connectivity index (χ4n) is 1.92. The van der Waals surface area contributed by atoms with E-state index in [1.165, 1.54) is 20.0 Å². The van der Waals surface area contributed by atoms with E-state index in [9.17, 15) is 14.4 Å². The zero-order valence-corrected chi connectivity index (χ0v) is 12.2. The van der Waals surface area contributed by atoms with Crippen molar-refractivity contribution in [1.29, 1.82) is 0 Å². The Kier molecular flexibility index (Phi) is 4.18. The summed E-state index contributed by atoms with van der Waals surface area (Å²) in [6.07, 6.45) is 1.23. The molecule has 21 heavy (non-hydrogen) atoms. The second-order valence-electron chi connectivity index (χ2n) is 4.27. The van der Waals surface area contributed by atoms with Crippen LogP contribution in [-0.4, -0.2) is 21.6 Å². The summed E-state index contributed by atoms with van der Waals surface area (Å²) in [5.74, 6) is -1.18. The van der Waals surface area contributed by atoms with Gasteiger partial charge < -0.3 is 0 Å². The molecule has 7 heteroatoms. The van der Waals surface area contributed by atoms with Crippen LogP contribution in [0.25, 0.3) is 5.69 Å². The van der Waals surface area contributed by atoms with Gasteiger partial charge in [-0.05, 0) is 12.1 Å². The molecule has 108 valence electrons. The van der Waals surface area contributed by atoms with Crippen molar-refractivity contribution in [1.82, 2.24) is 9.78 Å². The SMILES string of the molecule is CC(=O)N(C(C)=O)c1c(Cl)cnn(-c2ccccc2)c1=O. The lowest BCUT2D eigenvalue weighted by Gasteiger charge is -2.18. The van der Waals surface area contributed by atoms with E-state index >= 15 is 0 Å². The van der Waals surface area contributed by atoms with Gasteiger partial charge in [-0.15, -0.1) is 0 Å². The van der Waals surface area contributed by atoms with Crippen LogP contribution in [0, 0.1) is 0 Å². The molecule has 0 saturated carbocycles. The molecule has 1 aromatic carbocycles. The zero-order chi connectivity index (χ0) is 15.6. The lowest BCUT2D eigenvalue weighted by atomic mass is 10.3. The third-order valence-corrected chi connectivity index (χ3v) is 3.04. The van der Waals surface area contributed by atoms with E-state index in [2.05, 4.69) is 5.10 Å². The molecular weight excluding hydrogens is 294 g/mol. The standard InChI is InChI=1S/C14H12ClN3O3/c1-9(19)17(10(2)20)13-12(15)8-16-18(14(13)21)11-6-4-3-5-7-11/h3-8H,1-2H3. The first kappa shape index (κ1) is 14.9. The molecule has 0 fully saturated rings. The normalized spacial score (nSPS) is 10.2. The van der Waals surface area contributed by atoms with E-state index in [4.69, 9.17) is 11.6 Å². The zero-order valence-electron chi connectivity index (χ0n) is 11.4. The maximum absolute atomic E-state index is 12.5. The summed E-state index contributed by atoms with van der Waals surface area (Å²) in [6.45, 7) is 2.37. The van der Waals surface area contributed by atoms with Gasteiger partial charge in [-0.25, -0.2) is 4.90 Å². The Morgan fingerprint density at radius 1 is 1.14 bits per heavy atom. The van der Waals surface area contributed by atoms with Crippen LogP contribution in [0.2, 0.25) is 5.02 Å². The van der Waals surface area contributed by atoms with Gasteiger partial charge in [0.1, 0.15) is 5.69 Å². The second-order valence-corrected chi connectivity index (χ2v) is 4.67. The average molecular weight is 306 g/mol. The molecule has 1 aromatic heterocycles. The predicted molar refractivity (Wildman–Crippen MR) is 78.7 cm³/mol. The molecule has 0 spiro atoms. The number of anilines is 1. The summed E-state index contributed by atoms with van der Waals surface area (Å²) < 4.78 is 1.08. The molecular formula is C14H12ClN3O3. The molecule has 0 aliphatic carbocycles. The number of rotatable bonds is 2. The molecule has 2 aromatic rings. The van der Waals surface area contributed by atoms with Crippen LogP contribution in [0.15, 0.2) is 41.3 Å². The van der Waals surface area contributed by atoms with Gasteiger partial charge in [0.25, 0.3) is 5.56 Å². The molecule has 0 radical (unpaired) electrons. The lowest BCUT2D eigenvalue weighted by molar-refractivity contribution is -0.124. The van der Waals surface area contributed by atoms with Crippen molar-refractivity contribution in [2.45, 2.75) is 13.8 Å². The third-order valence-electron chi connectivity index (χ3n) is 2.76. The quantitative estimate of drug-likeness (QED) is 0.848. The predicted octanol–water partition coefficient (Wildman–Crippen LogP) is 1.79. The van der Waals surface area contributed by atoms with Crippen molar-refractivity contribution in [3.05, 3.63) is 51.9 Å². The van der Waals surface area contributed by atoms with Crippen LogP contribution in [0.1, 0.15) is 13.8 Å². The number of para-hydroxylation sites is 1. The van der Waals surface area contributed by atoms with Gasteiger partial charge in [0.05, 0.1) is 16.9 Å². The smallest absolute Gasteiger partial charge is 0.274 e. The van der Waals surface area contributed by atoms with Crippen molar-refractivity contribution >= 4 is 29.1 Å². The Bertz CT molecular complexity index is 742. The van der Waals surface area contributed by atoms with Gasteiger partial charge in [-0.3, -0.25) is 14.4 Å². The minimum Gasteiger partial charge on any atom is -0.274 e. The number of nitrogens with zero attached hydrogens (tertiary/aromatic N) is 3. The van der Waals surface area contributed by atoms with Gasteiger partial charge in [0.2, 0.25) is 11.8 Å². The monoisotopic (exact) mass is 305 g/mol. The van der Waals surface area contributed by atoms with Crippen molar-refractivity contribution in [3.63, 3.8) is 0 Å². The molecule has 2 amide bonds. The summed E-state index contributed by atoms with van der Waals surface area (Å²) in [6, 6.07) is 8.63. The van der Waals surface area contributed by atoms with E-state index in [0.717, 1.165) is 9.58 Å². The van der Waals surface area contributed by atoms with Crippen molar-refractivity contribution < 1.29 is 9.59 Å². The number of aromatic nitrogens is 2. The molecule has 0 aliphatic rings. The summed E-state index contributed by atoms with van der Waals surface area (Å²) in [7, 11) is 0. The topological polar surface area (TPSA) is 72.3 Å². The van der Waals surface area contributed by atoms with Gasteiger partial charge in [0.15, 0.2) is 0 Å². The number of hydrogen-bond acceptors (Lipinski definition) is 4. The van der Waals surface area contributed by atoms with Crippen LogP contribution < -0.4 is 10.5 Å². The number of carbonyl (C=O) groups is 2. The molecule has 6 nitrogen and oxygen atoms in total. The van der Waals surface area contributed by atoms with Gasteiger partial charge >= 0.3 is 0 Å². The largest absolute Gasteiger partial charge is 0.297 e. The highest BCUT2D eigenvalue weighted by Crippen LogP contribution is 2.21. The van der Waals surface area contributed by atoms with Crippen LogP contribution >= 0.6 is 11.6 Å². The fraction of sp³-hybridized carbons (Fsp3) is 0.143. The molecule has 0 bridgehead atoms. The second kappa shape index (κ2) is 5.88. The fourth-order valence-corrected chi connectivity index (χ4v) is 2.13. The number of halogens is 1. The molecule has 0 aliphatic heterocycles. The van der Waals surface area contributed by atoms with Gasteiger partial charge in [-0.2, -0.15) is 9.78 Å². The van der Waals surface area contributed by atoms with Crippen LogP contribution in [0.3, 0.4) is 0 Å². The molecule has 0 unspecified atom stereocenters. The number of carbonyl (C=O) groups excluding carboxylic acids is 2. The van der Waals surface area contributed by atoms with E-state index in [-0.39, 0.29) is 10.7 Å². The van der Waals surface area contributed by atoms with Crippen LogP contribution in [0.4, 0.5) is 5.69 Å². The number of imide groups is 1. The molecule has 0 saturated heterocycles. The van der Waals surface area contributed by atoms with E-state index < -0.39 is 17.4 Å². The highest BCUT2D eigenvalue weighted by atomic mass is 35.5. The highest BCUT2D eigenvalue weighted by molar-refractivity contribution is 6.34. The molecule has 0 atom stereocenters. The van der Waals surface area contributed by atoms with Gasteiger partial charge in [0, 0.05) is 13.8 Å². The van der Waals surface area contributed by atoms with Crippen molar-refractivity contribution in [3.8, 4) is 5.69 Å². The number of benzene rings is 1. The molecule has 0 N–H and O–H groups in total. The molecule has 1 heterocycles. The Morgan fingerprint density at radius 2 is 1.71 bits per heavy atom. The van der Waals surface area contributed by atoms with E-state index in [0.29, 0.717) is 5.69 Å². The third kappa shape index (κ3) is 2.85. The Hall–Kier alpha value is -2.47. The summed E-state index contributed by atoms with van der Waals surface area (Å²) >= 11 is 5.95. The van der Waals surface area contributed by atoms with Crippen molar-refractivity contribution in [2.24, 2.45) is 0 Å². The van der Waals surface area contributed by atoms with Gasteiger partial charge in [-0.1, -0.05) is 29.8 Å². The Labute approximate surface area is 125 Å². The Morgan fingerprint density at radius 3 is 2.24 bits per heavy atom. The Balaban J connectivity index is 2.71. The van der Waals surface area contributed by atoms with E-state index in [1.54, 1.807) is 30.3 Å². The van der Waals surface area contributed by atoms with Crippen LogP contribution in [-0.2, 0) is 9.59 Å². The van der Waals surface area contributed by atoms with E-state index in [1.807, 2.05) is 0 Å². The first-order chi connectivity index (χ1) is 9.93. The minimum absolute atomic E-state index is 0.0578. The lowest BCUT2D eigenvalue weighted by Crippen LogP contribution is -2.39. The number of hydrogen-bond donors (Lipinski definition) is 0. The first-order valence-electron chi connectivity index (χ1n) is 6.08.